The van der Waals surface area contributed by atoms with Crippen molar-refractivity contribution in [2.45, 2.75) is 37.6 Å². The van der Waals surface area contributed by atoms with Gasteiger partial charge in [0.15, 0.2) is 0 Å². The summed E-state index contributed by atoms with van der Waals surface area (Å²) in [5.74, 6) is -2.49. The SMILES string of the molecule is CCCCc1cc(S(=O)(=O)O)c(C(=O)O)n1Cc1ccc(-c2ccccc2C(=O)O)cc1. The summed E-state index contributed by atoms with van der Waals surface area (Å²) in [5.41, 5.74) is 2.10. The Hall–Kier alpha value is -3.43. The van der Waals surface area contributed by atoms with Gasteiger partial charge in [-0.1, -0.05) is 55.8 Å². The van der Waals surface area contributed by atoms with E-state index in [-0.39, 0.29) is 12.1 Å². The Balaban J connectivity index is 2.02. The van der Waals surface area contributed by atoms with Crippen LogP contribution in [0.1, 0.15) is 51.9 Å². The first-order valence-corrected chi connectivity index (χ1v) is 11.4. The van der Waals surface area contributed by atoms with Crippen LogP contribution in [0.4, 0.5) is 0 Å². The van der Waals surface area contributed by atoms with Crippen molar-refractivity contribution in [3.05, 3.63) is 77.1 Å². The highest BCUT2D eigenvalue weighted by Gasteiger charge is 2.28. The number of benzene rings is 2. The van der Waals surface area contributed by atoms with Crippen molar-refractivity contribution in [3.63, 3.8) is 0 Å². The third-order valence-electron chi connectivity index (χ3n) is 5.18. The molecule has 3 rings (SSSR count). The monoisotopic (exact) mass is 457 g/mol. The van der Waals surface area contributed by atoms with E-state index in [0.717, 1.165) is 12.8 Å². The summed E-state index contributed by atoms with van der Waals surface area (Å²) < 4.78 is 34.5. The third kappa shape index (κ3) is 4.90. The predicted octanol–water partition coefficient (Wildman–Crippen LogP) is 4.19. The first kappa shape index (κ1) is 23.2. The number of carboxylic acids is 2. The van der Waals surface area contributed by atoms with Crippen LogP contribution in [0.5, 0.6) is 0 Å². The highest BCUT2D eigenvalue weighted by Crippen LogP contribution is 2.27. The average molecular weight is 458 g/mol. The van der Waals surface area contributed by atoms with Crippen molar-refractivity contribution >= 4 is 22.1 Å². The minimum Gasteiger partial charge on any atom is -0.478 e. The number of nitrogens with zero attached hydrogens (tertiary/aromatic N) is 1. The van der Waals surface area contributed by atoms with Crippen molar-refractivity contribution in [3.8, 4) is 11.1 Å². The summed E-state index contributed by atoms with van der Waals surface area (Å²) in [7, 11) is -4.71. The van der Waals surface area contributed by atoms with Crippen LogP contribution in [0.25, 0.3) is 11.1 Å². The fraction of sp³-hybridized carbons (Fsp3) is 0.217. The molecule has 1 aromatic heterocycles. The lowest BCUT2D eigenvalue weighted by atomic mass is 9.98. The van der Waals surface area contributed by atoms with Gasteiger partial charge in [0.2, 0.25) is 0 Å². The van der Waals surface area contributed by atoms with Crippen molar-refractivity contribution < 1.29 is 32.8 Å². The predicted molar refractivity (Wildman–Crippen MR) is 118 cm³/mol. The highest BCUT2D eigenvalue weighted by atomic mass is 32.2. The molecule has 2 aromatic carbocycles. The third-order valence-corrected chi connectivity index (χ3v) is 6.04. The fourth-order valence-electron chi connectivity index (χ4n) is 3.63. The quantitative estimate of drug-likeness (QED) is 0.410. The van der Waals surface area contributed by atoms with E-state index in [1.165, 1.54) is 16.7 Å². The standard InChI is InChI=1S/C23H23NO7S/c1-2-3-6-17-13-20(32(29,30)31)21(23(27)28)24(17)14-15-9-11-16(12-10-15)18-7-4-5-8-19(18)22(25)26/h4-5,7-13H,2-3,6,14H2,1H3,(H,25,26)(H,27,28)(H,29,30,31). The van der Waals surface area contributed by atoms with E-state index < -0.39 is 32.6 Å². The van der Waals surface area contributed by atoms with Crippen LogP contribution in [0.3, 0.4) is 0 Å². The van der Waals surface area contributed by atoms with Crippen molar-refractivity contribution in [2.75, 3.05) is 0 Å². The molecule has 1 heterocycles. The fourth-order valence-corrected chi connectivity index (χ4v) is 4.36. The molecule has 0 fully saturated rings. The second-order valence-electron chi connectivity index (χ2n) is 7.37. The lowest BCUT2D eigenvalue weighted by Gasteiger charge is -2.13. The normalized spacial score (nSPS) is 11.4. The number of rotatable bonds is 9. The molecule has 168 valence electrons. The van der Waals surface area contributed by atoms with Gasteiger partial charge >= 0.3 is 11.9 Å². The van der Waals surface area contributed by atoms with Gasteiger partial charge in [0.25, 0.3) is 10.1 Å². The molecule has 0 aliphatic heterocycles. The number of carbonyl (C=O) groups is 2. The van der Waals surface area contributed by atoms with E-state index in [1.807, 2.05) is 6.92 Å². The summed E-state index contributed by atoms with van der Waals surface area (Å²) in [6.07, 6.45) is 2.00. The smallest absolute Gasteiger partial charge is 0.353 e. The maximum absolute atomic E-state index is 11.9. The highest BCUT2D eigenvalue weighted by molar-refractivity contribution is 7.86. The summed E-state index contributed by atoms with van der Waals surface area (Å²) in [6, 6.07) is 14.7. The Labute approximate surface area is 185 Å². The summed E-state index contributed by atoms with van der Waals surface area (Å²) in [6.45, 7) is 2.04. The molecule has 3 aromatic rings. The van der Waals surface area contributed by atoms with Gasteiger partial charge in [-0.05, 0) is 41.7 Å². The van der Waals surface area contributed by atoms with E-state index in [2.05, 4.69) is 0 Å². The minimum atomic E-state index is -4.71. The lowest BCUT2D eigenvalue weighted by Crippen LogP contribution is -2.15. The molecular formula is C23H23NO7S. The van der Waals surface area contributed by atoms with Crippen LogP contribution in [0.2, 0.25) is 0 Å². The van der Waals surface area contributed by atoms with Crippen LogP contribution < -0.4 is 0 Å². The molecule has 9 heteroatoms. The molecule has 0 atom stereocenters. The number of aryl methyl sites for hydroxylation is 1. The molecule has 0 aliphatic rings. The molecule has 0 saturated carbocycles. The molecule has 0 amide bonds. The average Bonchev–Trinajstić information content (AvgIpc) is 3.11. The number of aromatic carboxylic acids is 2. The summed E-state index contributed by atoms with van der Waals surface area (Å²) in [5, 5.41) is 19.0. The Morgan fingerprint density at radius 1 is 0.969 bits per heavy atom. The van der Waals surface area contributed by atoms with Crippen LogP contribution in [-0.4, -0.2) is 39.7 Å². The molecule has 0 spiro atoms. The molecule has 3 N–H and O–H groups in total. The van der Waals surface area contributed by atoms with Gasteiger partial charge in [0.05, 0.1) is 5.56 Å². The van der Waals surface area contributed by atoms with Crippen LogP contribution in [0.15, 0.2) is 59.5 Å². The van der Waals surface area contributed by atoms with E-state index >= 15 is 0 Å². The number of hydrogen-bond donors (Lipinski definition) is 3. The van der Waals surface area contributed by atoms with Crippen molar-refractivity contribution in [1.29, 1.82) is 0 Å². The summed E-state index contributed by atoms with van der Waals surface area (Å²) in [4.78, 5) is 22.7. The topological polar surface area (TPSA) is 134 Å². The molecule has 0 aliphatic carbocycles. The minimum absolute atomic E-state index is 0.0804. The van der Waals surface area contributed by atoms with Crippen LogP contribution in [-0.2, 0) is 23.1 Å². The lowest BCUT2D eigenvalue weighted by molar-refractivity contribution is 0.0675. The first-order valence-electron chi connectivity index (χ1n) is 9.98. The second-order valence-corrected chi connectivity index (χ2v) is 8.76. The molecule has 0 unspecified atom stereocenters. The van der Waals surface area contributed by atoms with Gasteiger partial charge in [0, 0.05) is 12.2 Å². The Morgan fingerprint density at radius 2 is 1.62 bits per heavy atom. The van der Waals surface area contributed by atoms with Crippen molar-refractivity contribution in [1.82, 2.24) is 4.57 Å². The number of carboxylic acid groups (broad SMARTS) is 2. The van der Waals surface area contributed by atoms with E-state index in [0.29, 0.717) is 28.8 Å². The van der Waals surface area contributed by atoms with Crippen LogP contribution >= 0.6 is 0 Å². The molecule has 0 saturated heterocycles. The Bertz CT molecular complexity index is 1260. The maximum atomic E-state index is 11.9. The zero-order valence-electron chi connectivity index (χ0n) is 17.4. The van der Waals surface area contributed by atoms with Gasteiger partial charge in [0.1, 0.15) is 10.6 Å². The van der Waals surface area contributed by atoms with Gasteiger partial charge in [-0.15, -0.1) is 0 Å². The zero-order valence-corrected chi connectivity index (χ0v) is 18.2. The summed E-state index contributed by atoms with van der Waals surface area (Å²) >= 11 is 0. The maximum Gasteiger partial charge on any atom is 0.353 e. The molecular weight excluding hydrogens is 434 g/mol. The molecule has 0 bridgehead atoms. The Kier molecular flexibility index (Phi) is 6.81. The van der Waals surface area contributed by atoms with Crippen LogP contribution in [0, 0.1) is 0 Å². The number of aromatic nitrogens is 1. The van der Waals surface area contributed by atoms with E-state index in [1.54, 1.807) is 42.5 Å². The Morgan fingerprint density at radius 3 is 2.19 bits per heavy atom. The van der Waals surface area contributed by atoms with Crippen molar-refractivity contribution in [2.24, 2.45) is 0 Å². The first-order chi connectivity index (χ1) is 15.1. The molecule has 0 radical (unpaired) electrons. The zero-order chi connectivity index (χ0) is 23.5. The number of hydrogen-bond acceptors (Lipinski definition) is 4. The van der Waals surface area contributed by atoms with E-state index in [4.69, 9.17) is 0 Å². The molecule has 32 heavy (non-hydrogen) atoms. The second kappa shape index (κ2) is 9.37. The van der Waals surface area contributed by atoms with Gasteiger partial charge in [-0.25, -0.2) is 9.59 Å². The van der Waals surface area contributed by atoms with Gasteiger partial charge in [-0.2, -0.15) is 8.42 Å². The van der Waals surface area contributed by atoms with E-state index in [9.17, 15) is 32.8 Å². The largest absolute Gasteiger partial charge is 0.478 e. The van der Waals surface area contributed by atoms with Gasteiger partial charge < -0.3 is 14.8 Å². The molecule has 8 nitrogen and oxygen atoms in total. The van der Waals surface area contributed by atoms with Gasteiger partial charge in [-0.3, -0.25) is 4.55 Å². The number of unbranched alkanes of at least 4 members (excludes halogenated alkanes) is 1.